The number of carbonyl (C=O) groups is 1. The molecular weight excluding hydrogens is 270 g/mol. The summed E-state index contributed by atoms with van der Waals surface area (Å²) < 4.78 is 5.97. The monoisotopic (exact) mass is 285 g/mol. The first-order valence-corrected chi connectivity index (χ1v) is 6.95. The molecule has 98 valence electrons. The predicted octanol–water partition coefficient (Wildman–Crippen LogP) is 2.95. The van der Waals surface area contributed by atoms with Gasteiger partial charge in [-0.2, -0.15) is 0 Å². The van der Waals surface area contributed by atoms with Crippen molar-refractivity contribution in [3.8, 4) is 0 Å². The maximum absolute atomic E-state index is 11.9. The molecule has 1 saturated heterocycles. The first kappa shape index (κ1) is 13.6. The molecule has 0 bridgehead atoms. The Hall–Kier alpha value is -0.840. The second-order valence-corrected chi connectivity index (χ2v) is 6.71. The molecule has 2 rings (SSSR count). The highest BCUT2D eigenvalue weighted by molar-refractivity contribution is 7.16. The molecule has 1 aliphatic heterocycles. The van der Waals surface area contributed by atoms with Gasteiger partial charge in [0.25, 0.3) is 0 Å². The van der Waals surface area contributed by atoms with Crippen LogP contribution in [0.2, 0.25) is 4.34 Å². The second-order valence-electron chi connectivity index (χ2n) is 4.91. The quantitative estimate of drug-likeness (QED) is 0.779. The average Bonchev–Trinajstić information content (AvgIpc) is 2.71. The Kier molecular flexibility index (Phi) is 4.10. The fourth-order valence-electron chi connectivity index (χ4n) is 1.97. The molecule has 3 nitrogen and oxygen atoms in total. The molecule has 0 radical (unpaired) electrons. The van der Waals surface area contributed by atoms with E-state index in [1.807, 2.05) is 12.1 Å². The number of amides is 1. The largest absolute Gasteiger partial charge is 0.380 e. The molecule has 1 aromatic heterocycles. The van der Waals surface area contributed by atoms with E-state index in [-0.39, 0.29) is 11.3 Å². The van der Waals surface area contributed by atoms with Gasteiger partial charge in [-0.25, -0.2) is 0 Å². The Morgan fingerprint density at radius 1 is 1.67 bits per heavy atom. The van der Waals surface area contributed by atoms with E-state index in [2.05, 4.69) is 13.5 Å². The molecule has 0 aromatic carbocycles. The van der Waals surface area contributed by atoms with E-state index in [0.29, 0.717) is 26.3 Å². The fraction of sp³-hybridized carbons (Fsp3) is 0.462. The van der Waals surface area contributed by atoms with Gasteiger partial charge in [0.2, 0.25) is 5.91 Å². The van der Waals surface area contributed by atoms with Crippen LogP contribution in [0.15, 0.2) is 24.8 Å². The summed E-state index contributed by atoms with van der Waals surface area (Å²) in [4.78, 5) is 14.8. The molecular formula is C13H16ClNO2S. The van der Waals surface area contributed by atoms with Gasteiger partial charge in [0.15, 0.2) is 0 Å². The van der Waals surface area contributed by atoms with Crippen molar-refractivity contribution < 1.29 is 9.53 Å². The van der Waals surface area contributed by atoms with Gasteiger partial charge < -0.3 is 9.64 Å². The summed E-state index contributed by atoms with van der Waals surface area (Å²) in [6.45, 7) is 8.37. The van der Waals surface area contributed by atoms with Gasteiger partial charge in [0, 0.05) is 16.8 Å². The Morgan fingerprint density at radius 2 is 2.39 bits per heavy atom. The lowest BCUT2D eigenvalue weighted by Gasteiger charge is -2.41. The van der Waals surface area contributed by atoms with E-state index >= 15 is 0 Å². The van der Waals surface area contributed by atoms with Crippen molar-refractivity contribution in [2.75, 3.05) is 19.8 Å². The molecule has 0 N–H and O–H groups in total. The van der Waals surface area contributed by atoms with Crippen molar-refractivity contribution in [1.82, 2.24) is 4.90 Å². The van der Waals surface area contributed by atoms with E-state index in [9.17, 15) is 4.79 Å². The average molecular weight is 286 g/mol. The highest BCUT2D eigenvalue weighted by Crippen LogP contribution is 2.29. The van der Waals surface area contributed by atoms with Crippen LogP contribution in [0.1, 0.15) is 11.8 Å². The number of hydrogen-bond acceptors (Lipinski definition) is 3. The molecule has 5 heteroatoms. The molecule has 0 saturated carbocycles. The van der Waals surface area contributed by atoms with Crippen LogP contribution in [0.4, 0.5) is 0 Å². The van der Waals surface area contributed by atoms with Crippen molar-refractivity contribution in [2.45, 2.75) is 13.5 Å². The molecule has 0 unspecified atom stereocenters. The second kappa shape index (κ2) is 5.43. The number of thiophene rings is 1. The Labute approximate surface area is 116 Å². The van der Waals surface area contributed by atoms with Crippen LogP contribution in [0.3, 0.4) is 0 Å². The smallest absolute Gasteiger partial charge is 0.246 e. The molecule has 0 aliphatic carbocycles. The summed E-state index contributed by atoms with van der Waals surface area (Å²) in [6.07, 6.45) is 1.36. The zero-order chi connectivity index (χ0) is 13.2. The molecule has 1 aromatic rings. The van der Waals surface area contributed by atoms with Crippen LogP contribution in [-0.4, -0.2) is 30.6 Å². The highest BCUT2D eigenvalue weighted by atomic mass is 35.5. The molecule has 18 heavy (non-hydrogen) atoms. The third kappa shape index (κ3) is 3.13. The minimum Gasteiger partial charge on any atom is -0.380 e. The van der Waals surface area contributed by atoms with Gasteiger partial charge in [-0.15, -0.1) is 11.3 Å². The first-order valence-electron chi connectivity index (χ1n) is 5.76. The molecule has 1 fully saturated rings. The number of halogens is 1. The van der Waals surface area contributed by atoms with Gasteiger partial charge in [0.1, 0.15) is 0 Å². The van der Waals surface area contributed by atoms with Crippen LogP contribution in [0, 0.1) is 5.41 Å². The van der Waals surface area contributed by atoms with Gasteiger partial charge in [-0.3, -0.25) is 4.79 Å². The Balaban J connectivity index is 2.05. The van der Waals surface area contributed by atoms with Crippen molar-refractivity contribution in [1.29, 1.82) is 0 Å². The van der Waals surface area contributed by atoms with E-state index in [0.717, 1.165) is 9.21 Å². The lowest BCUT2D eigenvalue weighted by atomic mass is 9.88. The standard InChI is InChI=1S/C13H16ClNO2S/c1-3-12(16)15(7-13(2)8-17-9-13)6-10-4-5-11(14)18-10/h3-5H,1,6-9H2,2H3. The lowest BCUT2D eigenvalue weighted by molar-refractivity contribution is -0.140. The number of nitrogens with zero attached hydrogens (tertiary/aromatic N) is 1. The first-order chi connectivity index (χ1) is 8.52. The van der Waals surface area contributed by atoms with Crippen molar-refractivity contribution in [2.24, 2.45) is 5.41 Å². The van der Waals surface area contributed by atoms with Crippen molar-refractivity contribution >= 4 is 28.8 Å². The molecule has 1 aliphatic rings. The van der Waals surface area contributed by atoms with Gasteiger partial charge in [-0.05, 0) is 18.2 Å². The van der Waals surface area contributed by atoms with Crippen molar-refractivity contribution in [3.63, 3.8) is 0 Å². The summed E-state index contributed by atoms with van der Waals surface area (Å²) in [5.74, 6) is -0.0485. The Bertz CT molecular complexity index is 454. The van der Waals surface area contributed by atoms with Crippen LogP contribution in [0.25, 0.3) is 0 Å². The third-order valence-corrected chi connectivity index (χ3v) is 4.15. The third-order valence-electron chi connectivity index (χ3n) is 2.94. The lowest BCUT2D eigenvalue weighted by Crippen LogP contribution is -2.49. The Morgan fingerprint density at radius 3 is 2.83 bits per heavy atom. The maximum atomic E-state index is 11.9. The predicted molar refractivity (Wildman–Crippen MR) is 73.9 cm³/mol. The van der Waals surface area contributed by atoms with Crippen LogP contribution >= 0.6 is 22.9 Å². The zero-order valence-electron chi connectivity index (χ0n) is 10.3. The maximum Gasteiger partial charge on any atom is 0.246 e. The summed E-state index contributed by atoms with van der Waals surface area (Å²) in [6, 6.07) is 3.81. The minimum atomic E-state index is -0.0485. The minimum absolute atomic E-state index is 0.0485. The zero-order valence-corrected chi connectivity index (χ0v) is 11.9. The summed E-state index contributed by atoms with van der Waals surface area (Å²) in [7, 11) is 0. The molecule has 0 spiro atoms. The summed E-state index contributed by atoms with van der Waals surface area (Å²) >= 11 is 7.41. The van der Waals surface area contributed by atoms with E-state index in [1.165, 1.54) is 17.4 Å². The number of ether oxygens (including phenoxy) is 1. The van der Waals surface area contributed by atoms with E-state index in [1.54, 1.807) is 4.90 Å². The number of carbonyl (C=O) groups excluding carboxylic acids is 1. The van der Waals surface area contributed by atoms with Crippen LogP contribution in [-0.2, 0) is 16.1 Å². The van der Waals surface area contributed by atoms with Gasteiger partial charge in [-0.1, -0.05) is 25.1 Å². The highest BCUT2D eigenvalue weighted by Gasteiger charge is 2.36. The molecule has 1 amide bonds. The van der Waals surface area contributed by atoms with Crippen LogP contribution < -0.4 is 0 Å². The summed E-state index contributed by atoms with van der Waals surface area (Å²) in [5.41, 5.74) is 0.0692. The van der Waals surface area contributed by atoms with Crippen molar-refractivity contribution in [3.05, 3.63) is 34.0 Å². The molecule has 2 heterocycles. The van der Waals surface area contributed by atoms with Gasteiger partial charge in [0.05, 0.1) is 24.1 Å². The summed E-state index contributed by atoms with van der Waals surface area (Å²) in [5, 5.41) is 0. The molecule has 0 atom stereocenters. The van der Waals surface area contributed by atoms with Crippen LogP contribution in [0.5, 0.6) is 0 Å². The van der Waals surface area contributed by atoms with E-state index < -0.39 is 0 Å². The number of rotatable bonds is 5. The SMILES string of the molecule is C=CC(=O)N(Cc1ccc(Cl)s1)CC1(C)COC1. The number of hydrogen-bond donors (Lipinski definition) is 0. The fourth-order valence-corrected chi connectivity index (χ4v) is 3.07. The normalized spacial score (nSPS) is 17.0. The topological polar surface area (TPSA) is 29.5 Å². The van der Waals surface area contributed by atoms with E-state index in [4.69, 9.17) is 16.3 Å². The van der Waals surface area contributed by atoms with Gasteiger partial charge >= 0.3 is 0 Å².